The van der Waals surface area contributed by atoms with E-state index >= 15 is 0 Å². The fourth-order valence-corrected chi connectivity index (χ4v) is 2.79. The van der Waals surface area contributed by atoms with Crippen LogP contribution in [0.15, 0.2) is 17.5 Å². The molecule has 0 aliphatic carbocycles. The molecule has 3 N–H and O–H groups in total. The molecular formula is C11H14N4OS2. The minimum atomic E-state index is -0.130. The molecule has 0 radical (unpaired) electrons. The highest BCUT2D eigenvalue weighted by atomic mass is 32.1. The Morgan fingerprint density at radius 2 is 2.28 bits per heavy atom. The molecule has 0 saturated heterocycles. The predicted octanol–water partition coefficient (Wildman–Crippen LogP) is 2.13. The van der Waals surface area contributed by atoms with Gasteiger partial charge in [0.15, 0.2) is 0 Å². The summed E-state index contributed by atoms with van der Waals surface area (Å²) >= 11 is 2.82. The number of nitrogens with zero attached hydrogens (tertiary/aromatic N) is 2. The fourth-order valence-electron chi connectivity index (χ4n) is 1.39. The second-order valence-corrected chi connectivity index (χ2v) is 5.69. The molecule has 0 bridgehead atoms. The summed E-state index contributed by atoms with van der Waals surface area (Å²) in [5.41, 5.74) is 5.43. The van der Waals surface area contributed by atoms with E-state index < -0.39 is 0 Å². The number of nitrogens with one attached hydrogen (secondary N) is 1. The first-order chi connectivity index (χ1) is 8.79. The van der Waals surface area contributed by atoms with Crippen LogP contribution in [0.1, 0.15) is 27.5 Å². The number of amides is 1. The van der Waals surface area contributed by atoms with Crippen molar-refractivity contribution < 1.29 is 4.79 Å². The average Bonchev–Trinajstić information content (AvgIpc) is 3.00. The van der Waals surface area contributed by atoms with Gasteiger partial charge in [-0.2, -0.15) is 0 Å². The number of hydrogen-bond acceptors (Lipinski definition) is 6. The molecule has 0 fully saturated rings. The molecule has 0 unspecified atom stereocenters. The number of nitrogens with two attached hydrogens (primary N) is 1. The normalized spacial score (nSPS) is 10.5. The Labute approximate surface area is 113 Å². The zero-order valence-electron chi connectivity index (χ0n) is 9.76. The van der Waals surface area contributed by atoms with Crippen LogP contribution in [0.25, 0.3) is 0 Å². The summed E-state index contributed by atoms with van der Waals surface area (Å²) < 4.78 is 0. The first kappa shape index (κ1) is 13.1. The molecule has 0 aliphatic rings. The SMILES string of the molecule is NCCCCc1nnc(NC(=O)c2cccs2)s1. The van der Waals surface area contributed by atoms with Crippen molar-refractivity contribution in [1.82, 2.24) is 10.2 Å². The van der Waals surface area contributed by atoms with Gasteiger partial charge in [-0.05, 0) is 30.8 Å². The first-order valence-corrected chi connectivity index (χ1v) is 7.36. The Hall–Kier alpha value is -1.31. The Balaban J connectivity index is 1.88. The third-order valence-electron chi connectivity index (χ3n) is 2.28. The van der Waals surface area contributed by atoms with Gasteiger partial charge in [0.25, 0.3) is 5.91 Å². The highest BCUT2D eigenvalue weighted by molar-refractivity contribution is 7.15. The highest BCUT2D eigenvalue weighted by Crippen LogP contribution is 2.19. The van der Waals surface area contributed by atoms with Gasteiger partial charge in [0.2, 0.25) is 5.13 Å². The van der Waals surface area contributed by atoms with Crippen molar-refractivity contribution >= 4 is 33.7 Å². The number of unbranched alkanes of at least 4 members (excludes halogenated alkanes) is 1. The Kier molecular flexibility index (Phi) is 4.80. The van der Waals surface area contributed by atoms with Gasteiger partial charge in [-0.15, -0.1) is 21.5 Å². The van der Waals surface area contributed by atoms with E-state index in [0.717, 1.165) is 24.3 Å². The van der Waals surface area contributed by atoms with E-state index in [2.05, 4.69) is 15.5 Å². The molecule has 7 heteroatoms. The smallest absolute Gasteiger partial charge is 0.267 e. The number of rotatable bonds is 6. The van der Waals surface area contributed by atoms with Crippen LogP contribution in [-0.4, -0.2) is 22.6 Å². The number of thiophene rings is 1. The molecule has 1 amide bonds. The average molecular weight is 282 g/mol. The lowest BCUT2D eigenvalue weighted by atomic mass is 10.2. The van der Waals surface area contributed by atoms with Crippen LogP contribution in [0.5, 0.6) is 0 Å². The fraction of sp³-hybridized carbons (Fsp3) is 0.364. The van der Waals surface area contributed by atoms with E-state index in [4.69, 9.17) is 5.73 Å². The van der Waals surface area contributed by atoms with Gasteiger partial charge in [0.05, 0.1) is 4.88 Å². The number of aromatic nitrogens is 2. The molecule has 18 heavy (non-hydrogen) atoms. The lowest BCUT2D eigenvalue weighted by Gasteiger charge is -1.96. The Morgan fingerprint density at radius 1 is 1.39 bits per heavy atom. The number of hydrogen-bond donors (Lipinski definition) is 2. The van der Waals surface area contributed by atoms with Crippen LogP contribution in [0.2, 0.25) is 0 Å². The van der Waals surface area contributed by atoms with Crippen molar-refractivity contribution in [2.75, 3.05) is 11.9 Å². The molecule has 2 aromatic heterocycles. The zero-order chi connectivity index (χ0) is 12.8. The summed E-state index contributed by atoms with van der Waals surface area (Å²) in [6.45, 7) is 0.695. The summed E-state index contributed by atoms with van der Waals surface area (Å²) in [6, 6.07) is 3.63. The molecular weight excluding hydrogens is 268 g/mol. The third-order valence-corrected chi connectivity index (χ3v) is 4.04. The van der Waals surface area contributed by atoms with Gasteiger partial charge in [-0.25, -0.2) is 0 Å². The molecule has 0 saturated carbocycles. The summed E-state index contributed by atoms with van der Waals surface area (Å²) in [7, 11) is 0. The van der Waals surface area contributed by atoms with Crippen molar-refractivity contribution in [2.24, 2.45) is 5.73 Å². The molecule has 0 aliphatic heterocycles. The largest absolute Gasteiger partial charge is 0.330 e. The monoisotopic (exact) mass is 282 g/mol. The quantitative estimate of drug-likeness (QED) is 0.795. The minimum absolute atomic E-state index is 0.130. The van der Waals surface area contributed by atoms with E-state index in [1.54, 1.807) is 6.07 Å². The minimum Gasteiger partial charge on any atom is -0.330 e. The molecule has 2 heterocycles. The molecule has 2 aromatic rings. The van der Waals surface area contributed by atoms with Crippen LogP contribution in [0.4, 0.5) is 5.13 Å². The van der Waals surface area contributed by atoms with E-state index in [9.17, 15) is 4.79 Å². The van der Waals surface area contributed by atoms with Gasteiger partial charge in [-0.1, -0.05) is 17.4 Å². The van der Waals surface area contributed by atoms with Crippen LogP contribution >= 0.6 is 22.7 Å². The predicted molar refractivity (Wildman–Crippen MR) is 74.2 cm³/mol. The van der Waals surface area contributed by atoms with Crippen molar-refractivity contribution in [3.05, 3.63) is 27.4 Å². The summed E-state index contributed by atoms with van der Waals surface area (Å²) in [4.78, 5) is 12.4. The summed E-state index contributed by atoms with van der Waals surface area (Å²) in [5.74, 6) is -0.130. The van der Waals surface area contributed by atoms with E-state index in [1.807, 2.05) is 11.4 Å². The van der Waals surface area contributed by atoms with E-state index in [0.29, 0.717) is 16.6 Å². The maximum atomic E-state index is 11.8. The lowest BCUT2D eigenvalue weighted by Crippen LogP contribution is -2.09. The number of anilines is 1. The van der Waals surface area contributed by atoms with Gasteiger partial charge in [0.1, 0.15) is 5.01 Å². The van der Waals surface area contributed by atoms with Gasteiger partial charge in [-0.3, -0.25) is 10.1 Å². The lowest BCUT2D eigenvalue weighted by molar-refractivity contribution is 0.103. The van der Waals surface area contributed by atoms with E-state index in [1.165, 1.54) is 22.7 Å². The second kappa shape index (κ2) is 6.58. The van der Waals surface area contributed by atoms with Crippen molar-refractivity contribution in [2.45, 2.75) is 19.3 Å². The topological polar surface area (TPSA) is 80.9 Å². The van der Waals surface area contributed by atoms with Crippen molar-refractivity contribution in [1.29, 1.82) is 0 Å². The number of carbonyl (C=O) groups is 1. The van der Waals surface area contributed by atoms with Gasteiger partial charge >= 0.3 is 0 Å². The van der Waals surface area contributed by atoms with Gasteiger partial charge in [0, 0.05) is 6.42 Å². The summed E-state index contributed by atoms with van der Waals surface area (Å²) in [5, 5.41) is 14.1. The second-order valence-electron chi connectivity index (χ2n) is 3.68. The maximum absolute atomic E-state index is 11.8. The molecule has 2 rings (SSSR count). The van der Waals surface area contributed by atoms with Crippen LogP contribution in [0.3, 0.4) is 0 Å². The van der Waals surface area contributed by atoms with E-state index in [-0.39, 0.29) is 5.91 Å². The highest BCUT2D eigenvalue weighted by Gasteiger charge is 2.10. The molecule has 0 aromatic carbocycles. The van der Waals surface area contributed by atoms with Crippen LogP contribution in [-0.2, 0) is 6.42 Å². The third kappa shape index (κ3) is 3.59. The standard InChI is InChI=1S/C11H14N4OS2/c12-6-2-1-5-9-14-15-11(18-9)13-10(16)8-4-3-7-17-8/h3-4,7H,1-2,5-6,12H2,(H,13,15,16). The number of carbonyl (C=O) groups excluding carboxylic acids is 1. The van der Waals surface area contributed by atoms with Crippen molar-refractivity contribution in [3.63, 3.8) is 0 Å². The first-order valence-electron chi connectivity index (χ1n) is 5.67. The van der Waals surface area contributed by atoms with Crippen LogP contribution in [0, 0.1) is 0 Å². The molecule has 96 valence electrons. The molecule has 5 nitrogen and oxygen atoms in total. The van der Waals surface area contributed by atoms with Gasteiger partial charge < -0.3 is 5.73 Å². The molecule has 0 atom stereocenters. The van der Waals surface area contributed by atoms with Crippen LogP contribution < -0.4 is 11.1 Å². The summed E-state index contributed by atoms with van der Waals surface area (Å²) in [6.07, 6.45) is 2.85. The Bertz CT molecular complexity index is 495. The van der Waals surface area contributed by atoms with Crippen molar-refractivity contribution in [3.8, 4) is 0 Å². The number of aryl methyl sites for hydroxylation is 1. The Morgan fingerprint density at radius 3 is 3.00 bits per heavy atom. The maximum Gasteiger partial charge on any atom is 0.267 e. The zero-order valence-corrected chi connectivity index (χ0v) is 11.4. The molecule has 0 spiro atoms.